The van der Waals surface area contributed by atoms with Gasteiger partial charge in [0.1, 0.15) is 0 Å². The lowest BCUT2D eigenvalue weighted by molar-refractivity contribution is 0.175. The number of nitrogens with one attached hydrogen (secondary N) is 1. The van der Waals surface area contributed by atoms with Crippen molar-refractivity contribution in [3.05, 3.63) is 35.4 Å². The predicted octanol–water partition coefficient (Wildman–Crippen LogP) is 1.38. The number of hydrazine groups is 1. The van der Waals surface area contributed by atoms with E-state index in [0.717, 1.165) is 12.0 Å². The fourth-order valence-electron chi connectivity index (χ4n) is 1.58. The number of benzene rings is 1. The molecular weight excluding hydrogens is 188 g/mol. The largest absolute Gasteiger partial charge is 0.387 e. The lowest BCUT2D eigenvalue weighted by Crippen LogP contribution is -2.27. The number of rotatable bonds is 5. The molecule has 1 aromatic rings. The van der Waals surface area contributed by atoms with E-state index in [4.69, 9.17) is 5.84 Å². The molecule has 1 rings (SSSR count). The smallest absolute Gasteiger partial charge is 0.0928 e. The Morgan fingerprint density at radius 3 is 2.33 bits per heavy atom. The first-order valence-electron chi connectivity index (χ1n) is 5.34. The molecule has 0 spiro atoms. The Balaban J connectivity index is 2.63. The number of aliphatic hydroxyl groups excluding tert-OH is 1. The summed E-state index contributed by atoms with van der Waals surface area (Å²) in [7, 11) is 0. The normalized spacial score (nSPS) is 13.1. The molecule has 0 aliphatic rings. The Bertz CT molecular complexity index is 282. The Morgan fingerprint density at radius 2 is 1.87 bits per heavy atom. The van der Waals surface area contributed by atoms with Crippen molar-refractivity contribution >= 4 is 0 Å². The molecule has 0 saturated carbocycles. The molecule has 1 unspecified atom stereocenters. The van der Waals surface area contributed by atoms with Gasteiger partial charge in [-0.05, 0) is 23.5 Å². The zero-order chi connectivity index (χ0) is 11.3. The second kappa shape index (κ2) is 5.85. The monoisotopic (exact) mass is 208 g/mol. The standard InChI is InChI=1S/C12H20N2O/c1-9(2)7-10-3-5-11(6-4-10)12(15)8-14-13/h3-6,9,12,14-15H,7-8,13H2,1-2H3. The summed E-state index contributed by atoms with van der Waals surface area (Å²) in [6.07, 6.45) is 0.550. The van der Waals surface area contributed by atoms with Gasteiger partial charge in [-0.3, -0.25) is 11.3 Å². The maximum atomic E-state index is 9.65. The number of nitrogens with two attached hydrogens (primary N) is 1. The molecule has 1 atom stereocenters. The molecule has 0 aliphatic carbocycles. The van der Waals surface area contributed by atoms with Crippen LogP contribution in [0.1, 0.15) is 31.1 Å². The van der Waals surface area contributed by atoms with Crippen LogP contribution in [-0.2, 0) is 6.42 Å². The molecule has 0 fully saturated rings. The Morgan fingerprint density at radius 1 is 1.27 bits per heavy atom. The third kappa shape index (κ3) is 4.00. The van der Waals surface area contributed by atoms with E-state index in [-0.39, 0.29) is 0 Å². The third-order valence-electron chi connectivity index (χ3n) is 2.32. The first kappa shape index (κ1) is 12.2. The Labute approximate surface area is 91.3 Å². The van der Waals surface area contributed by atoms with Gasteiger partial charge in [0.05, 0.1) is 6.10 Å². The topological polar surface area (TPSA) is 58.3 Å². The summed E-state index contributed by atoms with van der Waals surface area (Å²) in [5.41, 5.74) is 4.67. The van der Waals surface area contributed by atoms with Gasteiger partial charge in [0.25, 0.3) is 0 Å². The molecule has 0 radical (unpaired) electrons. The van der Waals surface area contributed by atoms with E-state index in [2.05, 4.69) is 31.4 Å². The first-order valence-corrected chi connectivity index (χ1v) is 5.34. The van der Waals surface area contributed by atoms with Gasteiger partial charge in [0.15, 0.2) is 0 Å². The lowest BCUT2D eigenvalue weighted by atomic mass is 10.0. The van der Waals surface area contributed by atoms with E-state index in [1.54, 1.807) is 0 Å². The quantitative estimate of drug-likeness (QED) is 0.506. The van der Waals surface area contributed by atoms with Gasteiger partial charge < -0.3 is 5.11 Å². The molecule has 0 amide bonds. The summed E-state index contributed by atoms with van der Waals surface area (Å²) in [6.45, 7) is 4.77. The van der Waals surface area contributed by atoms with Gasteiger partial charge >= 0.3 is 0 Å². The summed E-state index contributed by atoms with van der Waals surface area (Å²) < 4.78 is 0. The van der Waals surface area contributed by atoms with Crippen LogP contribution in [0.5, 0.6) is 0 Å². The van der Waals surface area contributed by atoms with Gasteiger partial charge in [-0.2, -0.15) is 0 Å². The second-order valence-corrected chi connectivity index (χ2v) is 4.26. The van der Waals surface area contributed by atoms with Crippen molar-refractivity contribution in [2.45, 2.75) is 26.4 Å². The predicted molar refractivity (Wildman–Crippen MR) is 62.1 cm³/mol. The van der Waals surface area contributed by atoms with Crippen molar-refractivity contribution < 1.29 is 5.11 Å². The minimum absolute atomic E-state index is 0.378. The third-order valence-corrected chi connectivity index (χ3v) is 2.32. The number of aliphatic hydroxyl groups is 1. The molecule has 3 nitrogen and oxygen atoms in total. The van der Waals surface area contributed by atoms with Gasteiger partial charge in [-0.15, -0.1) is 0 Å². The SMILES string of the molecule is CC(C)Cc1ccc(C(O)CNN)cc1. The molecule has 0 heterocycles. The minimum Gasteiger partial charge on any atom is -0.387 e. The first-order chi connectivity index (χ1) is 7.13. The summed E-state index contributed by atoms with van der Waals surface area (Å²) in [5, 5.41) is 9.65. The van der Waals surface area contributed by atoms with E-state index < -0.39 is 6.10 Å². The molecular formula is C12H20N2O. The fourth-order valence-corrected chi connectivity index (χ4v) is 1.58. The van der Waals surface area contributed by atoms with Gasteiger partial charge in [0.2, 0.25) is 0 Å². The number of hydrogen-bond donors (Lipinski definition) is 3. The Kier molecular flexibility index (Phi) is 4.75. The van der Waals surface area contributed by atoms with Crippen LogP contribution in [0.3, 0.4) is 0 Å². The van der Waals surface area contributed by atoms with Crippen molar-refractivity contribution in [1.29, 1.82) is 0 Å². The Hall–Kier alpha value is -0.900. The van der Waals surface area contributed by atoms with Crippen molar-refractivity contribution in [3.8, 4) is 0 Å². The highest BCUT2D eigenvalue weighted by atomic mass is 16.3. The average Bonchev–Trinajstić information content (AvgIpc) is 2.18. The molecule has 1 aromatic carbocycles. The minimum atomic E-state index is -0.525. The zero-order valence-corrected chi connectivity index (χ0v) is 9.40. The summed E-state index contributed by atoms with van der Waals surface area (Å²) in [4.78, 5) is 0. The molecule has 0 aromatic heterocycles. The summed E-state index contributed by atoms with van der Waals surface area (Å²) in [6, 6.07) is 8.05. The van der Waals surface area contributed by atoms with Crippen LogP contribution in [0.2, 0.25) is 0 Å². The molecule has 0 bridgehead atoms. The van der Waals surface area contributed by atoms with Gasteiger partial charge in [-0.25, -0.2) is 0 Å². The summed E-state index contributed by atoms with van der Waals surface area (Å²) >= 11 is 0. The molecule has 4 N–H and O–H groups in total. The van der Waals surface area contributed by atoms with Gasteiger partial charge in [-0.1, -0.05) is 38.1 Å². The van der Waals surface area contributed by atoms with Crippen molar-refractivity contribution in [1.82, 2.24) is 5.43 Å². The van der Waals surface area contributed by atoms with Crippen LogP contribution in [0, 0.1) is 5.92 Å². The molecule has 84 valence electrons. The van der Waals surface area contributed by atoms with Crippen LogP contribution in [0.15, 0.2) is 24.3 Å². The highest BCUT2D eigenvalue weighted by Crippen LogP contribution is 2.14. The lowest BCUT2D eigenvalue weighted by Gasteiger charge is -2.11. The van der Waals surface area contributed by atoms with Crippen molar-refractivity contribution in [2.75, 3.05) is 6.54 Å². The van der Waals surface area contributed by atoms with Crippen LogP contribution in [-0.4, -0.2) is 11.7 Å². The van der Waals surface area contributed by atoms with E-state index in [0.29, 0.717) is 12.5 Å². The molecule has 3 heteroatoms. The maximum Gasteiger partial charge on any atom is 0.0928 e. The van der Waals surface area contributed by atoms with E-state index >= 15 is 0 Å². The highest BCUT2D eigenvalue weighted by Gasteiger charge is 2.06. The molecule has 0 saturated heterocycles. The van der Waals surface area contributed by atoms with E-state index in [1.807, 2.05) is 12.1 Å². The highest BCUT2D eigenvalue weighted by molar-refractivity contribution is 5.24. The van der Waals surface area contributed by atoms with Crippen molar-refractivity contribution in [3.63, 3.8) is 0 Å². The molecule has 0 aliphatic heterocycles. The maximum absolute atomic E-state index is 9.65. The fraction of sp³-hybridized carbons (Fsp3) is 0.500. The van der Waals surface area contributed by atoms with E-state index in [9.17, 15) is 5.11 Å². The van der Waals surface area contributed by atoms with Gasteiger partial charge in [0, 0.05) is 6.54 Å². The van der Waals surface area contributed by atoms with Crippen LogP contribution in [0.4, 0.5) is 0 Å². The second-order valence-electron chi connectivity index (χ2n) is 4.26. The van der Waals surface area contributed by atoms with Crippen LogP contribution >= 0.6 is 0 Å². The average molecular weight is 208 g/mol. The van der Waals surface area contributed by atoms with Crippen LogP contribution in [0.25, 0.3) is 0 Å². The zero-order valence-electron chi connectivity index (χ0n) is 9.40. The van der Waals surface area contributed by atoms with E-state index in [1.165, 1.54) is 5.56 Å². The summed E-state index contributed by atoms with van der Waals surface area (Å²) in [5.74, 6) is 5.81. The van der Waals surface area contributed by atoms with Crippen LogP contribution < -0.4 is 11.3 Å². The van der Waals surface area contributed by atoms with Crippen molar-refractivity contribution in [2.24, 2.45) is 11.8 Å². The number of hydrogen-bond acceptors (Lipinski definition) is 3. The molecule has 15 heavy (non-hydrogen) atoms.